The molecule has 3 heteroatoms. The molecule has 2 nitrogen and oxygen atoms in total. The second kappa shape index (κ2) is 6.31. The van der Waals surface area contributed by atoms with E-state index in [0.29, 0.717) is 5.92 Å². The van der Waals surface area contributed by atoms with Gasteiger partial charge in [-0.05, 0) is 73.6 Å². The summed E-state index contributed by atoms with van der Waals surface area (Å²) in [6.45, 7) is 5.04. The van der Waals surface area contributed by atoms with Crippen molar-refractivity contribution >= 4 is 11.8 Å². The Balaban J connectivity index is 1.74. The van der Waals surface area contributed by atoms with Gasteiger partial charge in [-0.2, -0.15) is 11.8 Å². The summed E-state index contributed by atoms with van der Waals surface area (Å²) < 4.78 is 6.14. The Kier molecular flexibility index (Phi) is 4.63. The molecule has 1 N–H and O–H groups in total. The highest BCUT2D eigenvalue weighted by Gasteiger charge is 2.40. The summed E-state index contributed by atoms with van der Waals surface area (Å²) in [4.78, 5) is 0. The number of aliphatic hydroxyl groups is 1. The van der Waals surface area contributed by atoms with Crippen LogP contribution < -0.4 is 0 Å². The molecule has 0 bridgehead atoms. The Morgan fingerprint density at radius 2 is 2.00 bits per heavy atom. The molecule has 0 aromatic heterocycles. The molecule has 0 radical (unpaired) electrons. The van der Waals surface area contributed by atoms with Crippen LogP contribution in [-0.2, 0) is 4.74 Å². The maximum atomic E-state index is 10.8. The molecule has 2 fully saturated rings. The molecule has 2 aliphatic heterocycles. The van der Waals surface area contributed by atoms with Gasteiger partial charge in [-0.1, -0.05) is 18.2 Å². The first-order valence-electron chi connectivity index (χ1n) is 8.07. The van der Waals surface area contributed by atoms with E-state index in [1.165, 1.54) is 22.6 Å². The van der Waals surface area contributed by atoms with Crippen molar-refractivity contribution in [3.63, 3.8) is 0 Å². The van der Waals surface area contributed by atoms with Crippen molar-refractivity contribution < 1.29 is 9.84 Å². The molecular weight excluding hydrogens is 280 g/mol. The molecular formula is C18H26O2S. The molecule has 0 amide bonds. The van der Waals surface area contributed by atoms with Crippen molar-refractivity contribution in [1.82, 2.24) is 0 Å². The van der Waals surface area contributed by atoms with Crippen LogP contribution in [0.4, 0.5) is 0 Å². The van der Waals surface area contributed by atoms with E-state index < -0.39 is 0 Å². The van der Waals surface area contributed by atoms with Crippen LogP contribution in [0, 0.1) is 19.8 Å². The summed E-state index contributed by atoms with van der Waals surface area (Å²) in [5, 5.41) is 10.8. The number of hydrogen-bond acceptors (Lipinski definition) is 3. The lowest BCUT2D eigenvalue weighted by atomic mass is 9.78. The van der Waals surface area contributed by atoms with Gasteiger partial charge in [0.2, 0.25) is 0 Å². The zero-order valence-corrected chi connectivity index (χ0v) is 13.9. The standard InChI is InChI=1S/C18H26O2S/c1-13-3-4-15(11-14(13)2)17(19)16-5-8-20-18(12-16)6-9-21-10-7-18/h3-4,11,16-17,19H,5-10,12H2,1-2H3. The van der Waals surface area contributed by atoms with Crippen LogP contribution in [0.2, 0.25) is 0 Å². The Labute approximate surface area is 132 Å². The second-order valence-electron chi connectivity index (χ2n) is 6.69. The molecule has 1 aromatic carbocycles. The Morgan fingerprint density at radius 1 is 1.24 bits per heavy atom. The number of thioether (sulfide) groups is 1. The minimum Gasteiger partial charge on any atom is -0.388 e. The molecule has 21 heavy (non-hydrogen) atoms. The van der Waals surface area contributed by atoms with Gasteiger partial charge in [-0.25, -0.2) is 0 Å². The van der Waals surface area contributed by atoms with Crippen LogP contribution in [0.3, 0.4) is 0 Å². The fraction of sp³-hybridized carbons (Fsp3) is 0.667. The fourth-order valence-corrected chi connectivity index (χ4v) is 4.88. The highest BCUT2D eigenvalue weighted by Crippen LogP contribution is 2.43. The maximum Gasteiger partial charge on any atom is 0.0820 e. The summed E-state index contributed by atoms with van der Waals surface area (Å²) in [7, 11) is 0. The Morgan fingerprint density at radius 3 is 2.71 bits per heavy atom. The molecule has 3 rings (SSSR count). The van der Waals surface area contributed by atoms with Gasteiger partial charge in [-0.15, -0.1) is 0 Å². The van der Waals surface area contributed by atoms with Crippen molar-refractivity contribution in [2.45, 2.75) is 51.2 Å². The maximum absolute atomic E-state index is 10.8. The zero-order chi connectivity index (χ0) is 14.9. The van der Waals surface area contributed by atoms with E-state index in [9.17, 15) is 5.11 Å². The lowest BCUT2D eigenvalue weighted by Crippen LogP contribution is -2.44. The molecule has 2 aliphatic rings. The molecule has 0 aliphatic carbocycles. The van der Waals surface area contributed by atoms with E-state index in [1.54, 1.807) is 0 Å². The third-order valence-corrected chi connectivity index (χ3v) is 6.24. The van der Waals surface area contributed by atoms with E-state index in [1.807, 2.05) is 11.8 Å². The predicted octanol–water partition coefficient (Wildman–Crippen LogP) is 4.03. The summed E-state index contributed by atoms with van der Waals surface area (Å²) in [6, 6.07) is 6.37. The van der Waals surface area contributed by atoms with Crippen LogP contribution in [0.5, 0.6) is 0 Å². The third-order valence-electron chi connectivity index (χ3n) is 5.25. The second-order valence-corrected chi connectivity index (χ2v) is 7.91. The van der Waals surface area contributed by atoms with E-state index in [0.717, 1.165) is 37.9 Å². The SMILES string of the molecule is Cc1ccc(C(O)C2CCOC3(CCSCC3)C2)cc1C. The molecule has 1 spiro atoms. The van der Waals surface area contributed by atoms with Crippen LogP contribution in [0.25, 0.3) is 0 Å². The van der Waals surface area contributed by atoms with E-state index in [-0.39, 0.29) is 11.7 Å². The minimum absolute atomic E-state index is 0.0505. The van der Waals surface area contributed by atoms with Crippen molar-refractivity contribution in [3.05, 3.63) is 34.9 Å². The lowest BCUT2D eigenvalue weighted by Gasteiger charge is -2.44. The first kappa shape index (κ1) is 15.4. The van der Waals surface area contributed by atoms with Gasteiger partial charge in [0.15, 0.2) is 0 Å². The molecule has 2 saturated heterocycles. The highest BCUT2D eigenvalue weighted by molar-refractivity contribution is 7.99. The van der Waals surface area contributed by atoms with Gasteiger partial charge >= 0.3 is 0 Å². The molecule has 0 saturated carbocycles. The summed E-state index contributed by atoms with van der Waals surface area (Å²) in [6.07, 6.45) is 3.94. The average Bonchev–Trinajstić information content (AvgIpc) is 2.50. The predicted molar refractivity (Wildman–Crippen MR) is 88.8 cm³/mol. The van der Waals surface area contributed by atoms with Gasteiger partial charge in [0.05, 0.1) is 11.7 Å². The molecule has 2 atom stereocenters. The van der Waals surface area contributed by atoms with Crippen molar-refractivity contribution in [1.29, 1.82) is 0 Å². The summed E-state index contributed by atoms with van der Waals surface area (Å²) in [5.41, 5.74) is 3.68. The largest absolute Gasteiger partial charge is 0.388 e. The number of aryl methyl sites for hydroxylation is 2. The number of benzene rings is 1. The Hall–Kier alpha value is -0.510. The molecule has 2 heterocycles. The smallest absolute Gasteiger partial charge is 0.0820 e. The molecule has 2 unspecified atom stereocenters. The van der Waals surface area contributed by atoms with Crippen LogP contribution in [0.15, 0.2) is 18.2 Å². The first-order valence-corrected chi connectivity index (χ1v) is 9.22. The van der Waals surface area contributed by atoms with Crippen LogP contribution >= 0.6 is 11.8 Å². The first-order chi connectivity index (χ1) is 10.1. The quantitative estimate of drug-likeness (QED) is 0.894. The monoisotopic (exact) mass is 306 g/mol. The highest BCUT2D eigenvalue weighted by atomic mass is 32.2. The number of ether oxygens (including phenoxy) is 1. The van der Waals surface area contributed by atoms with Crippen LogP contribution in [-0.4, -0.2) is 28.8 Å². The zero-order valence-electron chi connectivity index (χ0n) is 13.1. The van der Waals surface area contributed by atoms with E-state index >= 15 is 0 Å². The normalized spacial score (nSPS) is 26.7. The van der Waals surface area contributed by atoms with E-state index in [4.69, 9.17) is 4.74 Å². The van der Waals surface area contributed by atoms with Gasteiger partial charge < -0.3 is 9.84 Å². The van der Waals surface area contributed by atoms with Gasteiger partial charge in [0, 0.05) is 6.61 Å². The van der Waals surface area contributed by atoms with Crippen molar-refractivity contribution in [3.8, 4) is 0 Å². The lowest BCUT2D eigenvalue weighted by molar-refractivity contribution is -0.121. The molecule has 116 valence electrons. The topological polar surface area (TPSA) is 29.5 Å². The number of aliphatic hydroxyl groups excluding tert-OH is 1. The van der Waals surface area contributed by atoms with Crippen LogP contribution in [0.1, 0.15) is 48.5 Å². The van der Waals surface area contributed by atoms with Crippen molar-refractivity contribution in [2.24, 2.45) is 5.92 Å². The van der Waals surface area contributed by atoms with Gasteiger partial charge in [0.25, 0.3) is 0 Å². The minimum atomic E-state index is -0.348. The fourth-order valence-electron chi connectivity index (χ4n) is 3.65. The van der Waals surface area contributed by atoms with Gasteiger partial charge in [0.1, 0.15) is 0 Å². The van der Waals surface area contributed by atoms with Crippen molar-refractivity contribution in [2.75, 3.05) is 18.1 Å². The van der Waals surface area contributed by atoms with E-state index in [2.05, 4.69) is 32.0 Å². The third kappa shape index (κ3) is 3.30. The summed E-state index contributed by atoms with van der Waals surface area (Å²) >= 11 is 2.03. The summed E-state index contributed by atoms with van der Waals surface area (Å²) in [5.74, 6) is 2.74. The number of hydrogen-bond donors (Lipinski definition) is 1. The Bertz CT molecular complexity index is 488. The number of rotatable bonds is 2. The molecule has 1 aromatic rings. The van der Waals surface area contributed by atoms with Gasteiger partial charge in [-0.3, -0.25) is 0 Å². The average molecular weight is 306 g/mol.